The maximum atomic E-state index is 14.1. The Bertz CT molecular complexity index is 1390. The van der Waals surface area contributed by atoms with Gasteiger partial charge in [0.1, 0.15) is 18.2 Å². The number of hydrogen-bond donors (Lipinski definition) is 0. The van der Waals surface area contributed by atoms with Crippen LogP contribution in [0, 0.1) is 11.6 Å². The number of methoxy groups -OCH3 is 1. The van der Waals surface area contributed by atoms with Gasteiger partial charge in [0, 0.05) is 50.3 Å². The molecule has 1 aliphatic rings. The first-order valence-electron chi connectivity index (χ1n) is 12.2. The molecule has 0 atom stereocenters. The Hall–Kier alpha value is -3.76. The van der Waals surface area contributed by atoms with E-state index in [1.807, 2.05) is 44.7 Å². The number of hydrogen-bond acceptors (Lipinski definition) is 6. The first-order valence-corrected chi connectivity index (χ1v) is 13.2. The number of carbonyl (C=O) groups is 1. The molecule has 10 heteroatoms. The fraction of sp³-hybridized carbons (Fsp3) is 0.250. The Morgan fingerprint density at radius 3 is 2.32 bits per heavy atom. The van der Waals surface area contributed by atoms with Gasteiger partial charge >= 0.3 is 0 Å². The zero-order chi connectivity index (χ0) is 26.5. The average molecular weight is 536 g/mol. The summed E-state index contributed by atoms with van der Waals surface area (Å²) >= 11 is 1.50. The maximum Gasteiger partial charge on any atom is 0.253 e. The Balaban J connectivity index is 1.21. The van der Waals surface area contributed by atoms with Gasteiger partial charge in [-0.05, 0) is 54.1 Å². The van der Waals surface area contributed by atoms with E-state index in [2.05, 4.69) is 10.2 Å². The van der Waals surface area contributed by atoms with Gasteiger partial charge in [-0.15, -0.1) is 10.2 Å². The van der Waals surface area contributed by atoms with Crippen molar-refractivity contribution in [2.75, 3.05) is 38.2 Å². The number of benzene rings is 3. The number of piperazine rings is 1. The molecule has 0 unspecified atom stereocenters. The molecule has 1 saturated heterocycles. The van der Waals surface area contributed by atoms with Crippen molar-refractivity contribution < 1.29 is 18.3 Å². The number of nitrogens with zero attached hydrogens (tertiary/aromatic N) is 5. The molecule has 1 amide bonds. The minimum Gasteiger partial charge on any atom is -0.377 e. The van der Waals surface area contributed by atoms with E-state index in [9.17, 15) is 13.6 Å². The highest BCUT2D eigenvalue weighted by molar-refractivity contribution is 7.98. The van der Waals surface area contributed by atoms with Crippen LogP contribution in [0.1, 0.15) is 21.7 Å². The first kappa shape index (κ1) is 25.9. The molecule has 7 nitrogen and oxygen atoms in total. The van der Waals surface area contributed by atoms with Gasteiger partial charge in [0.25, 0.3) is 5.91 Å². The van der Waals surface area contributed by atoms with Crippen molar-refractivity contribution in [3.05, 3.63) is 101 Å². The fourth-order valence-electron chi connectivity index (χ4n) is 4.40. The molecule has 38 heavy (non-hydrogen) atoms. The Labute approximate surface area is 224 Å². The second-order valence-electron chi connectivity index (χ2n) is 8.86. The predicted molar refractivity (Wildman–Crippen MR) is 143 cm³/mol. The number of anilines is 1. The largest absolute Gasteiger partial charge is 0.377 e. The van der Waals surface area contributed by atoms with Gasteiger partial charge in [-0.25, -0.2) is 8.78 Å². The minimum absolute atomic E-state index is 0.0300. The van der Waals surface area contributed by atoms with Crippen molar-refractivity contribution in [3.8, 4) is 5.69 Å². The molecule has 0 saturated carbocycles. The van der Waals surface area contributed by atoms with E-state index in [-0.39, 0.29) is 24.1 Å². The van der Waals surface area contributed by atoms with Gasteiger partial charge in [0.05, 0.1) is 5.69 Å². The highest BCUT2D eigenvalue weighted by Gasteiger charge is 2.23. The minimum atomic E-state index is -0.314. The Kier molecular flexibility index (Phi) is 8.00. The smallest absolute Gasteiger partial charge is 0.253 e. The SMILES string of the molecule is COCc1nnc(SCc2ccc(C(=O)N3CCN(c4ccccc4F)CC3)cc2)n1-c1ccc(F)cc1. The summed E-state index contributed by atoms with van der Waals surface area (Å²) in [5.74, 6) is 0.648. The van der Waals surface area contributed by atoms with Crippen LogP contribution >= 0.6 is 11.8 Å². The van der Waals surface area contributed by atoms with Crippen molar-refractivity contribution >= 4 is 23.4 Å². The lowest BCUT2D eigenvalue weighted by Gasteiger charge is -2.36. The van der Waals surface area contributed by atoms with E-state index in [0.29, 0.717) is 54.2 Å². The summed E-state index contributed by atoms with van der Waals surface area (Å²) in [6.07, 6.45) is 0. The Morgan fingerprint density at radius 1 is 0.921 bits per heavy atom. The van der Waals surface area contributed by atoms with Crippen LogP contribution in [0.3, 0.4) is 0 Å². The molecular formula is C28H27F2N5O2S. The molecule has 1 aliphatic heterocycles. The van der Waals surface area contributed by atoms with Gasteiger partial charge in [0.15, 0.2) is 11.0 Å². The quantitative estimate of drug-likeness (QED) is 0.298. The Morgan fingerprint density at radius 2 is 1.63 bits per heavy atom. The van der Waals surface area contributed by atoms with E-state index in [1.165, 1.54) is 30.0 Å². The van der Waals surface area contributed by atoms with Crippen LogP contribution in [0.4, 0.5) is 14.5 Å². The second-order valence-corrected chi connectivity index (χ2v) is 9.80. The molecular weight excluding hydrogens is 508 g/mol. The number of carbonyl (C=O) groups excluding carboxylic acids is 1. The van der Waals surface area contributed by atoms with Gasteiger partial charge < -0.3 is 14.5 Å². The van der Waals surface area contributed by atoms with Gasteiger partial charge in [-0.1, -0.05) is 36.0 Å². The molecule has 0 N–H and O–H groups in total. The molecule has 0 bridgehead atoms. The third-order valence-corrected chi connectivity index (χ3v) is 7.39. The number of amides is 1. The van der Waals surface area contributed by atoms with Crippen molar-refractivity contribution in [2.45, 2.75) is 17.5 Å². The molecule has 196 valence electrons. The lowest BCUT2D eigenvalue weighted by molar-refractivity contribution is 0.0746. The number of para-hydroxylation sites is 1. The number of aromatic nitrogens is 3. The zero-order valence-corrected chi connectivity index (χ0v) is 21.7. The molecule has 0 radical (unpaired) electrons. The topological polar surface area (TPSA) is 63.5 Å². The van der Waals surface area contributed by atoms with Crippen molar-refractivity contribution in [1.82, 2.24) is 19.7 Å². The summed E-state index contributed by atoms with van der Waals surface area (Å²) in [6.45, 7) is 2.51. The summed E-state index contributed by atoms with van der Waals surface area (Å²) in [4.78, 5) is 16.8. The van der Waals surface area contributed by atoms with Crippen LogP contribution in [-0.4, -0.2) is 58.9 Å². The zero-order valence-electron chi connectivity index (χ0n) is 20.9. The van der Waals surface area contributed by atoms with E-state index in [4.69, 9.17) is 4.74 Å². The van der Waals surface area contributed by atoms with E-state index in [1.54, 1.807) is 31.4 Å². The van der Waals surface area contributed by atoms with Crippen LogP contribution in [-0.2, 0) is 17.1 Å². The van der Waals surface area contributed by atoms with Gasteiger partial charge in [-0.2, -0.15) is 0 Å². The summed E-state index contributed by atoms with van der Waals surface area (Å²) in [5, 5.41) is 9.20. The molecule has 3 aromatic carbocycles. The summed E-state index contributed by atoms with van der Waals surface area (Å²) in [7, 11) is 1.59. The van der Waals surface area contributed by atoms with Gasteiger partial charge in [-0.3, -0.25) is 9.36 Å². The molecule has 0 spiro atoms. The third-order valence-electron chi connectivity index (χ3n) is 6.39. The first-order chi connectivity index (χ1) is 18.5. The molecule has 2 heterocycles. The number of halogens is 2. The third kappa shape index (κ3) is 5.71. The maximum absolute atomic E-state index is 14.1. The average Bonchev–Trinajstić information content (AvgIpc) is 3.35. The highest BCUT2D eigenvalue weighted by atomic mass is 32.2. The van der Waals surface area contributed by atoms with E-state index < -0.39 is 0 Å². The van der Waals surface area contributed by atoms with Crippen LogP contribution in [0.2, 0.25) is 0 Å². The number of rotatable bonds is 8. The van der Waals surface area contributed by atoms with Gasteiger partial charge in [0.2, 0.25) is 0 Å². The second kappa shape index (κ2) is 11.7. The molecule has 5 rings (SSSR count). The van der Waals surface area contributed by atoms with Crippen molar-refractivity contribution in [2.24, 2.45) is 0 Å². The lowest BCUT2D eigenvalue weighted by atomic mass is 10.1. The van der Waals surface area contributed by atoms with Crippen LogP contribution in [0.15, 0.2) is 78.0 Å². The van der Waals surface area contributed by atoms with E-state index in [0.717, 1.165) is 11.3 Å². The number of ether oxygens (including phenoxy) is 1. The highest BCUT2D eigenvalue weighted by Crippen LogP contribution is 2.26. The standard InChI is InChI=1S/C28H27F2N5O2S/c1-37-18-26-31-32-28(35(26)23-12-10-22(29)11-13-23)38-19-20-6-8-21(9-7-20)27(36)34-16-14-33(15-17-34)25-5-3-2-4-24(25)30/h2-13H,14-19H2,1H3. The monoisotopic (exact) mass is 535 g/mol. The van der Waals surface area contributed by atoms with E-state index >= 15 is 0 Å². The molecule has 1 fully saturated rings. The number of thioether (sulfide) groups is 1. The van der Waals surface area contributed by atoms with Crippen LogP contribution < -0.4 is 4.90 Å². The molecule has 1 aromatic heterocycles. The molecule has 0 aliphatic carbocycles. The summed E-state index contributed by atoms with van der Waals surface area (Å²) < 4.78 is 34.7. The predicted octanol–water partition coefficient (Wildman–Crippen LogP) is 4.95. The summed E-state index contributed by atoms with van der Waals surface area (Å²) in [5.41, 5.74) is 2.97. The lowest BCUT2D eigenvalue weighted by Crippen LogP contribution is -2.49. The summed E-state index contributed by atoms with van der Waals surface area (Å²) in [6, 6.07) is 20.4. The fourth-order valence-corrected chi connectivity index (χ4v) is 5.33. The molecule has 4 aromatic rings. The van der Waals surface area contributed by atoms with Crippen LogP contribution in [0.5, 0.6) is 0 Å². The van der Waals surface area contributed by atoms with Crippen molar-refractivity contribution in [3.63, 3.8) is 0 Å². The van der Waals surface area contributed by atoms with Crippen molar-refractivity contribution in [1.29, 1.82) is 0 Å². The normalized spacial score (nSPS) is 13.7. The van der Waals surface area contributed by atoms with Crippen LogP contribution in [0.25, 0.3) is 5.69 Å².